The Labute approximate surface area is 150 Å². The largest absolute Gasteiger partial charge is 0.243 e. The number of benzene rings is 2. The molecule has 0 radical (unpaired) electrons. The zero-order valence-corrected chi connectivity index (χ0v) is 15.2. The second-order valence-corrected chi connectivity index (χ2v) is 9.19. The highest BCUT2D eigenvalue weighted by atomic mass is 35.5. The van der Waals surface area contributed by atoms with Crippen LogP contribution < -0.4 is 0 Å². The summed E-state index contributed by atoms with van der Waals surface area (Å²) in [5.41, 5.74) is 1.21. The van der Waals surface area contributed by atoms with Crippen LogP contribution in [0.15, 0.2) is 53.4 Å². The summed E-state index contributed by atoms with van der Waals surface area (Å²) in [6, 6.07) is 13.6. The molecule has 1 unspecified atom stereocenters. The van der Waals surface area contributed by atoms with Gasteiger partial charge in [-0.2, -0.15) is 16.1 Å². The van der Waals surface area contributed by atoms with Crippen molar-refractivity contribution in [1.82, 2.24) is 4.31 Å². The minimum absolute atomic E-state index is 0.0389. The van der Waals surface area contributed by atoms with Crippen LogP contribution in [0.1, 0.15) is 17.2 Å². The standard InChI is InChI=1S/C17H17ClFNO2S2/c18-15-12-14(6-7-16(15)19)24(21,22)20-9-8-17(23-11-10-20)13-4-2-1-3-5-13/h1-7,12,17H,8-11H2. The van der Waals surface area contributed by atoms with Crippen molar-refractivity contribution >= 4 is 33.4 Å². The molecular formula is C17H17ClFNO2S2. The third kappa shape index (κ3) is 3.77. The van der Waals surface area contributed by atoms with Gasteiger partial charge in [-0.3, -0.25) is 0 Å². The van der Waals surface area contributed by atoms with Gasteiger partial charge in [0.1, 0.15) is 5.82 Å². The van der Waals surface area contributed by atoms with Gasteiger partial charge >= 0.3 is 0 Å². The molecule has 7 heteroatoms. The molecule has 2 aromatic carbocycles. The van der Waals surface area contributed by atoms with E-state index in [9.17, 15) is 12.8 Å². The number of rotatable bonds is 3. The zero-order chi connectivity index (χ0) is 17.2. The fraction of sp³-hybridized carbons (Fsp3) is 0.294. The van der Waals surface area contributed by atoms with Crippen molar-refractivity contribution in [2.75, 3.05) is 18.8 Å². The minimum Gasteiger partial charge on any atom is -0.207 e. The Hall–Kier alpha value is -1.08. The zero-order valence-electron chi connectivity index (χ0n) is 12.9. The average Bonchev–Trinajstić information content (AvgIpc) is 2.84. The molecule has 0 aromatic heterocycles. The van der Waals surface area contributed by atoms with Gasteiger partial charge in [-0.25, -0.2) is 12.8 Å². The highest BCUT2D eigenvalue weighted by Gasteiger charge is 2.28. The molecule has 0 saturated carbocycles. The molecule has 0 N–H and O–H groups in total. The van der Waals surface area contributed by atoms with Gasteiger partial charge in [0.05, 0.1) is 9.92 Å². The van der Waals surface area contributed by atoms with Crippen LogP contribution in [0.2, 0.25) is 5.02 Å². The summed E-state index contributed by atoms with van der Waals surface area (Å²) in [6.07, 6.45) is 0.739. The van der Waals surface area contributed by atoms with Crippen molar-refractivity contribution in [3.63, 3.8) is 0 Å². The van der Waals surface area contributed by atoms with Gasteiger partial charge in [-0.05, 0) is 30.2 Å². The van der Waals surface area contributed by atoms with Crippen LogP contribution in [0, 0.1) is 5.82 Å². The third-order valence-corrected chi connectivity index (χ3v) is 7.51. The second-order valence-electron chi connectivity index (χ2n) is 5.54. The maximum Gasteiger partial charge on any atom is 0.243 e. The highest BCUT2D eigenvalue weighted by Crippen LogP contribution is 2.35. The lowest BCUT2D eigenvalue weighted by Gasteiger charge is -2.20. The van der Waals surface area contributed by atoms with Crippen molar-refractivity contribution in [1.29, 1.82) is 0 Å². The van der Waals surface area contributed by atoms with Crippen molar-refractivity contribution in [3.05, 3.63) is 64.9 Å². The van der Waals surface area contributed by atoms with E-state index in [1.165, 1.54) is 22.0 Å². The van der Waals surface area contributed by atoms with E-state index < -0.39 is 15.8 Å². The molecule has 1 saturated heterocycles. The summed E-state index contributed by atoms with van der Waals surface area (Å²) in [5.74, 6) is 0.0967. The first kappa shape index (κ1) is 17.7. The van der Waals surface area contributed by atoms with Crippen LogP contribution in [-0.2, 0) is 10.0 Å². The summed E-state index contributed by atoms with van der Waals surface area (Å²) in [7, 11) is -3.66. The van der Waals surface area contributed by atoms with Crippen molar-refractivity contribution in [2.45, 2.75) is 16.6 Å². The van der Waals surface area contributed by atoms with Gasteiger partial charge < -0.3 is 0 Å². The van der Waals surface area contributed by atoms with E-state index in [0.29, 0.717) is 18.8 Å². The monoisotopic (exact) mass is 385 g/mol. The van der Waals surface area contributed by atoms with E-state index in [1.807, 2.05) is 18.2 Å². The number of hydrogen-bond acceptors (Lipinski definition) is 3. The number of halogens is 2. The van der Waals surface area contributed by atoms with E-state index in [2.05, 4.69) is 12.1 Å². The number of nitrogens with zero attached hydrogens (tertiary/aromatic N) is 1. The molecular weight excluding hydrogens is 369 g/mol. The number of sulfonamides is 1. The topological polar surface area (TPSA) is 37.4 Å². The molecule has 24 heavy (non-hydrogen) atoms. The lowest BCUT2D eigenvalue weighted by molar-refractivity contribution is 0.428. The van der Waals surface area contributed by atoms with Gasteiger partial charge in [-0.1, -0.05) is 41.9 Å². The Morgan fingerprint density at radius 3 is 2.58 bits per heavy atom. The average molecular weight is 386 g/mol. The van der Waals surface area contributed by atoms with Crippen LogP contribution in [0.3, 0.4) is 0 Å². The fourth-order valence-electron chi connectivity index (χ4n) is 2.71. The van der Waals surface area contributed by atoms with Crippen molar-refractivity contribution in [3.8, 4) is 0 Å². The highest BCUT2D eigenvalue weighted by molar-refractivity contribution is 7.99. The Balaban J connectivity index is 1.79. The Morgan fingerprint density at radius 1 is 1.12 bits per heavy atom. The van der Waals surface area contributed by atoms with E-state index in [1.54, 1.807) is 11.8 Å². The smallest absolute Gasteiger partial charge is 0.207 e. The predicted molar refractivity (Wildman–Crippen MR) is 96.4 cm³/mol. The predicted octanol–water partition coefficient (Wildman–Crippen LogP) is 4.35. The van der Waals surface area contributed by atoms with Gasteiger partial charge in [0.25, 0.3) is 0 Å². The van der Waals surface area contributed by atoms with E-state index in [4.69, 9.17) is 11.6 Å². The maximum atomic E-state index is 13.3. The van der Waals surface area contributed by atoms with Gasteiger partial charge in [0.2, 0.25) is 10.0 Å². The van der Waals surface area contributed by atoms with Crippen LogP contribution in [0.4, 0.5) is 4.39 Å². The Kier molecular flexibility index (Phi) is 5.49. The van der Waals surface area contributed by atoms with Crippen LogP contribution in [0.5, 0.6) is 0 Å². The summed E-state index contributed by atoms with van der Waals surface area (Å²) >= 11 is 7.50. The maximum absolute atomic E-state index is 13.3. The Morgan fingerprint density at radius 2 is 1.88 bits per heavy atom. The molecule has 0 amide bonds. The Bertz CT molecular complexity index is 815. The van der Waals surface area contributed by atoms with Gasteiger partial charge in [-0.15, -0.1) is 0 Å². The molecule has 0 bridgehead atoms. The molecule has 3 nitrogen and oxygen atoms in total. The number of hydrogen-bond donors (Lipinski definition) is 0. The fourth-order valence-corrected chi connectivity index (χ4v) is 5.79. The normalized spacial score (nSPS) is 19.8. The third-order valence-electron chi connectivity index (χ3n) is 4.00. The van der Waals surface area contributed by atoms with Gasteiger partial charge in [0.15, 0.2) is 0 Å². The first-order valence-electron chi connectivity index (χ1n) is 7.60. The lowest BCUT2D eigenvalue weighted by Crippen LogP contribution is -2.33. The molecule has 1 aliphatic heterocycles. The van der Waals surface area contributed by atoms with E-state index in [-0.39, 0.29) is 15.2 Å². The molecule has 3 rings (SSSR count). The first-order chi connectivity index (χ1) is 11.5. The number of thioether (sulfide) groups is 1. The molecule has 128 valence electrons. The minimum atomic E-state index is -3.66. The summed E-state index contributed by atoms with van der Waals surface area (Å²) in [4.78, 5) is 0.0389. The summed E-state index contributed by atoms with van der Waals surface area (Å²) in [5, 5.41) is 0.102. The molecule has 0 spiro atoms. The molecule has 1 atom stereocenters. The van der Waals surface area contributed by atoms with E-state index >= 15 is 0 Å². The van der Waals surface area contributed by atoms with Crippen molar-refractivity contribution < 1.29 is 12.8 Å². The lowest BCUT2D eigenvalue weighted by atomic mass is 10.1. The molecule has 1 aliphatic rings. The molecule has 1 heterocycles. The molecule has 1 fully saturated rings. The summed E-state index contributed by atoms with van der Waals surface area (Å²) in [6.45, 7) is 0.870. The quantitative estimate of drug-likeness (QED) is 0.788. The molecule has 0 aliphatic carbocycles. The first-order valence-corrected chi connectivity index (χ1v) is 10.5. The van der Waals surface area contributed by atoms with Crippen LogP contribution >= 0.6 is 23.4 Å². The summed E-state index contributed by atoms with van der Waals surface area (Å²) < 4.78 is 40.3. The second kappa shape index (κ2) is 7.44. The van der Waals surface area contributed by atoms with Crippen LogP contribution in [0.25, 0.3) is 0 Å². The SMILES string of the molecule is O=S(=O)(c1ccc(F)c(Cl)c1)N1CCSC(c2ccccc2)CC1. The van der Waals surface area contributed by atoms with Crippen LogP contribution in [-0.4, -0.2) is 31.6 Å². The molecule has 2 aromatic rings. The van der Waals surface area contributed by atoms with Crippen molar-refractivity contribution in [2.24, 2.45) is 0 Å². The van der Waals surface area contributed by atoms with Gasteiger partial charge in [0, 0.05) is 24.1 Å². The van der Waals surface area contributed by atoms with E-state index in [0.717, 1.165) is 12.5 Å².